The molecule has 4 unspecified atom stereocenters. The van der Waals surface area contributed by atoms with Gasteiger partial charge in [0.1, 0.15) is 5.75 Å². The number of hydrogen-bond acceptors (Lipinski definition) is 2. The third-order valence-corrected chi connectivity index (χ3v) is 5.58. The second kappa shape index (κ2) is 6.43. The summed E-state index contributed by atoms with van der Waals surface area (Å²) in [6, 6.07) is 7.88. The van der Waals surface area contributed by atoms with E-state index in [-0.39, 0.29) is 5.97 Å². The van der Waals surface area contributed by atoms with Gasteiger partial charge in [0.25, 0.3) is 0 Å². The van der Waals surface area contributed by atoms with Crippen molar-refractivity contribution in [3.63, 3.8) is 0 Å². The lowest BCUT2D eigenvalue weighted by Gasteiger charge is -2.17. The van der Waals surface area contributed by atoms with Crippen molar-refractivity contribution in [3.8, 4) is 5.75 Å². The van der Waals surface area contributed by atoms with Crippen LogP contribution in [-0.2, 0) is 4.79 Å². The van der Waals surface area contributed by atoms with E-state index in [2.05, 4.69) is 37.3 Å². The van der Waals surface area contributed by atoms with Gasteiger partial charge in [-0.15, -0.1) is 0 Å². The predicted octanol–water partition coefficient (Wildman–Crippen LogP) is 5.17. The first-order valence-corrected chi connectivity index (χ1v) is 9.05. The van der Waals surface area contributed by atoms with Crippen LogP contribution in [0.1, 0.15) is 38.2 Å². The number of esters is 1. The van der Waals surface area contributed by atoms with E-state index < -0.39 is 0 Å². The van der Waals surface area contributed by atoms with Gasteiger partial charge in [-0.1, -0.05) is 49.4 Å². The van der Waals surface area contributed by atoms with E-state index >= 15 is 0 Å². The molecule has 0 N–H and O–H groups in total. The lowest BCUT2D eigenvalue weighted by atomic mass is 9.91. The molecule has 0 aliphatic heterocycles. The molecule has 3 aliphatic carbocycles. The Balaban J connectivity index is 1.34. The topological polar surface area (TPSA) is 26.3 Å². The van der Waals surface area contributed by atoms with Crippen molar-refractivity contribution in [1.82, 2.24) is 0 Å². The summed E-state index contributed by atoms with van der Waals surface area (Å²) in [6.07, 6.45) is 15.3. The highest BCUT2D eigenvalue weighted by atomic mass is 16.5. The van der Waals surface area contributed by atoms with Crippen LogP contribution in [0.2, 0.25) is 0 Å². The summed E-state index contributed by atoms with van der Waals surface area (Å²) >= 11 is 0. The first kappa shape index (κ1) is 15.4. The molecule has 3 aliphatic rings. The second-order valence-electron chi connectivity index (χ2n) is 7.47. The van der Waals surface area contributed by atoms with Gasteiger partial charge in [-0.3, -0.25) is 4.79 Å². The maximum atomic E-state index is 12.2. The monoisotopic (exact) mass is 320 g/mol. The molecule has 1 fully saturated rings. The van der Waals surface area contributed by atoms with Gasteiger partial charge in [0, 0.05) is 6.42 Å². The van der Waals surface area contributed by atoms with Gasteiger partial charge in [0.2, 0.25) is 0 Å². The quantitative estimate of drug-likeness (QED) is 0.434. The van der Waals surface area contributed by atoms with Crippen LogP contribution in [0.5, 0.6) is 5.75 Å². The Morgan fingerprint density at radius 1 is 1.12 bits per heavy atom. The highest BCUT2D eigenvalue weighted by Gasteiger charge is 2.36. The maximum Gasteiger partial charge on any atom is 0.311 e. The second-order valence-corrected chi connectivity index (χ2v) is 7.47. The summed E-state index contributed by atoms with van der Waals surface area (Å²) in [5.74, 6) is 2.94. The lowest BCUT2D eigenvalue weighted by Crippen LogP contribution is -2.17. The lowest BCUT2D eigenvalue weighted by molar-refractivity contribution is -0.135. The Labute approximate surface area is 143 Å². The average molecular weight is 320 g/mol. The van der Waals surface area contributed by atoms with Gasteiger partial charge in [0.05, 0.1) is 0 Å². The van der Waals surface area contributed by atoms with E-state index in [9.17, 15) is 4.79 Å². The number of rotatable bonds is 4. The Morgan fingerprint density at radius 3 is 2.58 bits per heavy atom. The molecular weight excluding hydrogens is 296 g/mol. The minimum absolute atomic E-state index is 0.0979. The number of hydrogen-bond donors (Lipinski definition) is 0. The minimum Gasteiger partial charge on any atom is -0.427 e. The fraction of sp³-hybridized carbons (Fsp3) is 0.409. The zero-order chi connectivity index (χ0) is 16.5. The summed E-state index contributed by atoms with van der Waals surface area (Å²) in [7, 11) is 0. The van der Waals surface area contributed by atoms with Crippen molar-refractivity contribution in [2.45, 2.75) is 32.6 Å². The highest BCUT2D eigenvalue weighted by molar-refractivity contribution is 5.76. The van der Waals surface area contributed by atoms with Gasteiger partial charge in [-0.25, -0.2) is 0 Å². The molecule has 0 amide bonds. The molecular formula is C22H24O2. The number of benzene rings is 1. The van der Waals surface area contributed by atoms with E-state index in [4.69, 9.17) is 4.74 Å². The molecule has 0 saturated heterocycles. The van der Waals surface area contributed by atoms with Crippen molar-refractivity contribution < 1.29 is 9.53 Å². The van der Waals surface area contributed by atoms with Crippen LogP contribution in [0.3, 0.4) is 0 Å². The first-order chi connectivity index (χ1) is 11.7. The van der Waals surface area contributed by atoms with Crippen LogP contribution < -0.4 is 4.74 Å². The van der Waals surface area contributed by atoms with Crippen molar-refractivity contribution in [2.24, 2.45) is 23.7 Å². The van der Waals surface area contributed by atoms with Crippen LogP contribution in [0.4, 0.5) is 0 Å². The van der Waals surface area contributed by atoms with Gasteiger partial charge >= 0.3 is 5.97 Å². The molecule has 0 aromatic heterocycles. The van der Waals surface area contributed by atoms with Crippen LogP contribution >= 0.6 is 0 Å². The van der Waals surface area contributed by atoms with E-state index in [1.54, 1.807) is 0 Å². The number of carbonyl (C=O) groups is 1. The number of allylic oxidation sites excluding steroid dienone is 6. The summed E-state index contributed by atoms with van der Waals surface area (Å²) in [5, 5.41) is 0. The summed E-state index contributed by atoms with van der Waals surface area (Å²) in [5.41, 5.74) is 2.43. The molecule has 0 heterocycles. The van der Waals surface area contributed by atoms with Crippen LogP contribution in [-0.4, -0.2) is 5.97 Å². The zero-order valence-corrected chi connectivity index (χ0v) is 14.2. The average Bonchev–Trinajstić information content (AvgIpc) is 3.19. The van der Waals surface area contributed by atoms with E-state index in [0.717, 1.165) is 12.8 Å². The summed E-state index contributed by atoms with van der Waals surface area (Å²) in [6.45, 7) is 2.22. The summed E-state index contributed by atoms with van der Waals surface area (Å²) < 4.78 is 5.54. The standard InChI is InChI=1S/C22H24O2/c1-15-2-5-17(6-3-15)18-8-10-21(11-9-18)24-22(23)14-20-13-16-4-7-19(20)12-16/h2,4-11,15-16,19-20H,3,12-14H2,1H3. The summed E-state index contributed by atoms with van der Waals surface area (Å²) in [4.78, 5) is 12.2. The maximum absolute atomic E-state index is 12.2. The van der Waals surface area contributed by atoms with E-state index in [0.29, 0.717) is 35.8 Å². The van der Waals surface area contributed by atoms with Crippen LogP contribution in [0, 0.1) is 23.7 Å². The van der Waals surface area contributed by atoms with Crippen molar-refractivity contribution in [3.05, 3.63) is 60.2 Å². The van der Waals surface area contributed by atoms with E-state index in [1.807, 2.05) is 24.3 Å². The Kier molecular flexibility index (Phi) is 4.13. The molecule has 1 saturated carbocycles. The van der Waals surface area contributed by atoms with Crippen LogP contribution in [0.25, 0.3) is 5.57 Å². The third kappa shape index (κ3) is 3.24. The molecule has 24 heavy (non-hydrogen) atoms. The molecule has 4 rings (SSSR count). The molecule has 124 valence electrons. The molecule has 1 aromatic rings. The SMILES string of the molecule is CC1C=CC(c2ccc(OC(=O)CC3CC4C=CC3C4)cc2)=CC1. The Bertz CT molecular complexity index is 708. The molecule has 2 nitrogen and oxygen atoms in total. The smallest absolute Gasteiger partial charge is 0.311 e. The molecule has 0 radical (unpaired) electrons. The Hall–Kier alpha value is -2.09. The molecule has 2 heteroatoms. The molecule has 4 atom stereocenters. The van der Waals surface area contributed by atoms with Gasteiger partial charge < -0.3 is 4.74 Å². The van der Waals surface area contributed by atoms with Gasteiger partial charge in [-0.05, 0) is 66.2 Å². The van der Waals surface area contributed by atoms with Gasteiger partial charge in [-0.2, -0.15) is 0 Å². The fourth-order valence-electron chi connectivity index (χ4n) is 4.17. The predicted molar refractivity (Wildman–Crippen MR) is 96.4 cm³/mol. The molecule has 1 aromatic carbocycles. The largest absolute Gasteiger partial charge is 0.427 e. The minimum atomic E-state index is -0.0979. The number of carbonyl (C=O) groups excluding carboxylic acids is 1. The highest BCUT2D eigenvalue weighted by Crippen LogP contribution is 2.45. The van der Waals surface area contributed by atoms with Crippen molar-refractivity contribution in [1.29, 1.82) is 0 Å². The first-order valence-electron chi connectivity index (χ1n) is 9.05. The van der Waals surface area contributed by atoms with Crippen LogP contribution in [0.15, 0.2) is 54.6 Å². The van der Waals surface area contributed by atoms with Crippen molar-refractivity contribution >= 4 is 11.5 Å². The third-order valence-electron chi connectivity index (χ3n) is 5.58. The number of ether oxygens (including phenoxy) is 1. The number of fused-ring (bicyclic) bond motifs is 2. The fourth-order valence-corrected chi connectivity index (χ4v) is 4.17. The molecule has 0 spiro atoms. The normalized spacial score (nSPS) is 30.5. The van der Waals surface area contributed by atoms with E-state index in [1.165, 1.54) is 17.6 Å². The van der Waals surface area contributed by atoms with Crippen molar-refractivity contribution in [2.75, 3.05) is 0 Å². The zero-order valence-electron chi connectivity index (χ0n) is 14.2. The molecule has 2 bridgehead atoms. The Morgan fingerprint density at radius 2 is 1.96 bits per heavy atom. The van der Waals surface area contributed by atoms with Gasteiger partial charge in [0.15, 0.2) is 0 Å².